The van der Waals surface area contributed by atoms with Crippen molar-refractivity contribution in [1.82, 2.24) is 0 Å². The highest BCUT2D eigenvalue weighted by atomic mass is 16.6. The standard InChI is InChI=1S/C60H112O6/c1-4-7-10-13-16-19-22-25-27-28-29-30-31-32-33-36-38-41-44-47-50-53-59(62)65-56-57(55-64-58(61)52-49-46-43-40-37-34-24-21-18-15-12-9-6-3)66-60(63)54-51-48-45-42-39-35-26-23-20-17-14-11-8-5-2/h14,17,23,26,57H,4-13,15-16,18-22,24-25,27-56H2,1-3H3/b17-14-,26-23-. The zero-order chi connectivity index (χ0) is 47.9. The molecule has 0 radical (unpaired) electrons. The van der Waals surface area contributed by atoms with Crippen LogP contribution >= 0.6 is 0 Å². The van der Waals surface area contributed by atoms with Crippen LogP contribution in [-0.2, 0) is 28.6 Å². The normalized spacial score (nSPS) is 12.1. The van der Waals surface area contributed by atoms with Crippen LogP contribution in [0.25, 0.3) is 0 Å². The minimum Gasteiger partial charge on any atom is -0.462 e. The minimum atomic E-state index is -0.773. The summed E-state index contributed by atoms with van der Waals surface area (Å²) in [7, 11) is 0. The Kier molecular flexibility index (Phi) is 53.7. The van der Waals surface area contributed by atoms with Gasteiger partial charge in [0.2, 0.25) is 0 Å². The molecule has 6 nitrogen and oxygen atoms in total. The van der Waals surface area contributed by atoms with E-state index < -0.39 is 6.10 Å². The maximum absolute atomic E-state index is 12.8. The summed E-state index contributed by atoms with van der Waals surface area (Å²) in [5.74, 6) is -0.864. The summed E-state index contributed by atoms with van der Waals surface area (Å²) in [5.41, 5.74) is 0. The van der Waals surface area contributed by atoms with Gasteiger partial charge < -0.3 is 14.2 Å². The molecule has 0 aromatic rings. The molecular weight excluding hydrogens is 817 g/mol. The van der Waals surface area contributed by atoms with Gasteiger partial charge in [0.25, 0.3) is 0 Å². The van der Waals surface area contributed by atoms with Crippen LogP contribution in [0.5, 0.6) is 0 Å². The summed E-state index contributed by atoms with van der Waals surface area (Å²) in [6, 6.07) is 0. The summed E-state index contributed by atoms with van der Waals surface area (Å²) in [6.45, 7) is 6.64. The third-order valence-corrected chi connectivity index (χ3v) is 13.2. The first-order valence-corrected chi connectivity index (χ1v) is 29.3. The molecule has 0 rings (SSSR count). The van der Waals surface area contributed by atoms with Crippen molar-refractivity contribution in [3.8, 4) is 0 Å². The molecule has 0 N–H and O–H groups in total. The van der Waals surface area contributed by atoms with Gasteiger partial charge in [-0.25, -0.2) is 0 Å². The number of ether oxygens (including phenoxy) is 3. The van der Waals surface area contributed by atoms with Crippen LogP contribution in [0.15, 0.2) is 24.3 Å². The first-order chi connectivity index (χ1) is 32.5. The molecule has 0 aromatic carbocycles. The fraction of sp³-hybridized carbons (Fsp3) is 0.883. The van der Waals surface area contributed by atoms with Gasteiger partial charge in [-0.1, -0.05) is 283 Å². The molecule has 1 atom stereocenters. The van der Waals surface area contributed by atoms with Gasteiger partial charge in [-0.05, 0) is 44.9 Å². The molecule has 0 aromatic heterocycles. The SMILES string of the molecule is CCCC/C=C\C/C=C\CCCCCCCC(=O)OC(COC(=O)CCCCCCCCCCCCCCC)COC(=O)CCCCCCCCCCCCCCCCCCCCCCC. The highest BCUT2D eigenvalue weighted by Crippen LogP contribution is 2.17. The Labute approximate surface area is 411 Å². The van der Waals surface area contributed by atoms with Crippen LogP contribution in [0.2, 0.25) is 0 Å². The molecule has 0 spiro atoms. The van der Waals surface area contributed by atoms with Crippen LogP contribution in [0.3, 0.4) is 0 Å². The zero-order valence-electron chi connectivity index (χ0n) is 44.5. The van der Waals surface area contributed by atoms with Crippen molar-refractivity contribution in [2.45, 2.75) is 329 Å². The van der Waals surface area contributed by atoms with E-state index in [1.54, 1.807) is 0 Å². The molecule has 6 heteroatoms. The number of allylic oxidation sites excluding steroid dienone is 4. The number of unbranched alkanes of at least 4 members (excludes halogenated alkanes) is 39. The molecule has 0 aliphatic heterocycles. The second kappa shape index (κ2) is 55.5. The summed E-state index contributed by atoms with van der Waals surface area (Å²) >= 11 is 0. The number of hydrogen-bond donors (Lipinski definition) is 0. The Bertz CT molecular complexity index is 1070. The van der Waals surface area contributed by atoms with Crippen molar-refractivity contribution in [3.63, 3.8) is 0 Å². The van der Waals surface area contributed by atoms with E-state index in [0.717, 1.165) is 83.5 Å². The van der Waals surface area contributed by atoms with Crippen LogP contribution < -0.4 is 0 Å². The van der Waals surface area contributed by atoms with Gasteiger partial charge in [-0.2, -0.15) is 0 Å². The highest BCUT2D eigenvalue weighted by molar-refractivity contribution is 5.71. The Morgan fingerprint density at radius 1 is 0.303 bits per heavy atom. The summed E-state index contributed by atoms with van der Waals surface area (Å²) in [5, 5.41) is 0. The fourth-order valence-corrected chi connectivity index (χ4v) is 8.76. The lowest BCUT2D eigenvalue weighted by Gasteiger charge is -2.18. The van der Waals surface area contributed by atoms with E-state index in [2.05, 4.69) is 45.1 Å². The van der Waals surface area contributed by atoms with Gasteiger partial charge >= 0.3 is 17.9 Å². The Balaban J connectivity index is 4.27. The van der Waals surface area contributed by atoms with E-state index in [-0.39, 0.29) is 31.1 Å². The van der Waals surface area contributed by atoms with Crippen molar-refractivity contribution in [2.75, 3.05) is 13.2 Å². The predicted octanol–water partition coefficient (Wildman–Crippen LogP) is 19.5. The average Bonchev–Trinajstić information content (AvgIpc) is 3.31. The number of hydrogen-bond acceptors (Lipinski definition) is 6. The number of esters is 3. The highest BCUT2D eigenvalue weighted by Gasteiger charge is 2.19. The summed E-state index contributed by atoms with van der Waals surface area (Å²) in [4.78, 5) is 38.1. The molecule has 0 saturated carbocycles. The minimum absolute atomic E-state index is 0.0715. The van der Waals surface area contributed by atoms with E-state index in [0.29, 0.717) is 19.3 Å². The maximum atomic E-state index is 12.8. The Morgan fingerprint density at radius 3 is 0.879 bits per heavy atom. The molecule has 0 bridgehead atoms. The molecular formula is C60H112O6. The molecule has 0 amide bonds. The van der Waals surface area contributed by atoms with Crippen molar-refractivity contribution in [2.24, 2.45) is 0 Å². The fourth-order valence-electron chi connectivity index (χ4n) is 8.76. The molecule has 0 aliphatic carbocycles. The first kappa shape index (κ1) is 63.9. The van der Waals surface area contributed by atoms with E-state index in [9.17, 15) is 14.4 Å². The second-order valence-corrected chi connectivity index (χ2v) is 19.9. The monoisotopic (exact) mass is 929 g/mol. The van der Waals surface area contributed by atoms with Crippen LogP contribution in [0.4, 0.5) is 0 Å². The van der Waals surface area contributed by atoms with Gasteiger partial charge in [-0.3, -0.25) is 14.4 Å². The zero-order valence-corrected chi connectivity index (χ0v) is 44.5. The molecule has 0 saturated heterocycles. The van der Waals surface area contributed by atoms with Gasteiger partial charge in [0, 0.05) is 19.3 Å². The lowest BCUT2D eigenvalue weighted by Crippen LogP contribution is -2.30. The Hall–Kier alpha value is -2.11. The van der Waals surface area contributed by atoms with Crippen molar-refractivity contribution in [1.29, 1.82) is 0 Å². The van der Waals surface area contributed by atoms with Gasteiger partial charge in [0.05, 0.1) is 0 Å². The molecule has 66 heavy (non-hydrogen) atoms. The lowest BCUT2D eigenvalue weighted by atomic mass is 10.0. The topological polar surface area (TPSA) is 78.9 Å². The van der Waals surface area contributed by atoms with E-state index in [4.69, 9.17) is 14.2 Å². The predicted molar refractivity (Wildman–Crippen MR) is 284 cm³/mol. The molecule has 0 heterocycles. The molecule has 388 valence electrons. The van der Waals surface area contributed by atoms with Crippen LogP contribution in [-0.4, -0.2) is 37.2 Å². The lowest BCUT2D eigenvalue weighted by molar-refractivity contribution is -0.167. The van der Waals surface area contributed by atoms with E-state index in [1.807, 2.05) is 0 Å². The third kappa shape index (κ3) is 52.9. The summed E-state index contributed by atoms with van der Waals surface area (Å²) in [6.07, 6.45) is 64.6. The third-order valence-electron chi connectivity index (χ3n) is 13.2. The first-order valence-electron chi connectivity index (χ1n) is 29.3. The molecule has 0 fully saturated rings. The van der Waals surface area contributed by atoms with Crippen molar-refractivity contribution >= 4 is 17.9 Å². The number of carbonyl (C=O) groups is 3. The van der Waals surface area contributed by atoms with Gasteiger partial charge in [0.1, 0.15) is 13.2 Å². The molecule has 1 unspecified atom stereocenters. The smallest absolute Gasteiger partial charge is 0.306 e. The Morgan fingerprint density at radius 2 is 0.561 bits per heavy atom. The quantitative estimate of drug-likeness (QED) is 0.0262. The average molecular weight is 930 g/mol. The van der Waals surface area contributed by atoms with Crippen molar-refractivity contribution in [3.05, 3.63) is 24.3 Å². The van der Waals surface area contributed by atoms with Crippen LogP contribution in [0, 0.1) is 0 Å². The molecule has 0 aliphatic rings. The van der Waals surface area contributed by atoms with Crippen molar-refractivity contribution < 1.29 is 28.6 Å². The van der Waals surface area contributed by atoms with Gasteiger partial charge in [-0.15, -0.1) is 0 Å². The van der Waals surface area contributed by atoms with Gasteiger partial charge in [0.15, 0.2) is 6.10 Å². The second-order valence-electron chi connectivity index (χ2n) is 19.9. The van der Waals surface area contributed by atoms with Crippen LogP contribution in [0.1, 0.15) is 323 Å². The maximum Gasteiger partial charge on any atom is 0.306 e. The van der Waals surface area contributed by atoms with E-state index >= 15 is 0 Å². The number of carbonyl (C=O) groups excluding carboxylic acids is 3. The summed E-state index contributed by atoms with van der Waals surface area (Å²) < 4.78 is 16.9. The van der Waals surface area contributed by atoms with E-state index in [1.165, 1.54) is 199 Å². The number of rotatable bonds is 54. The largest absolute Gasteiger partial charge is 0.462 e.